The number of ether oxygens (including phenoxy) is 1. The van der Waals surface area contributed by atoms with Crippen molar-refractivity contribution in [3.05, 3.63) is 35.4 Å². The minimum Gasteiger partial charge on any atom is -0.379 e. The number of nitrogens with one attached hydrogen (secondary N) is 1. The number of aryl methyl sites for hydroxylation is 1. The maximum absolute atomic E-state index is 5.50. The lowest BCUT2D eigenvalue weighted by molar-refractivity contribution is 0.0117. The standard InChI is InChI=1S/C16H27NO/c1-6-17-15(10-11-16(3,4)18-5)14-9-7-8-13(2)12-14/h7-9,12,15,17H,6,10-11H2,1-5H3. The highest BCUT2D eigenvalue weighted by molar-refractivity contribution is 5.25. The van der Waals surface area contributed by atoms with E-state index in [-0.39, 0.29) is 5.60 Å². The molecular formula is C16H27NO. The van der Waals surface area contributed by atoms with E-state index < -0.39 is 0 Å². The molecule has 1 atom stereocenters. The van der Waals surface area contributed by atoms with Crippen LogP contribution in [0.3, 0.4) is 0 Å². The first-order valence-corrected chi connectivity index (χ1v) is 6.83. The SMILES string of the molecule is CCNC(CCC(C)(C)OC)c1cccc(C)c1. The van der Waals surface area contributed by atoms with E-state index in [4.69, 9.17) is 4.74 Å². The molecule has 1 rings (SSSR count). The van der Waals surface area contributed by atoms with E-state index in [1.54, 1.807) is 7.11 Å². The number of rotatable bonds is 7. The van der Waals surface area contributed by atoms with Gasteiger partial charge in [0.25, 0.3) is 0 Å². The van der Waals surface area contributed by atoms with Crippen LogP contribution in [-0.4, -0.2) is 19.3 Å². The van der Waals surface area contributed by atoms with Crippen LogP contribution < -0.4 is 5.32 Å². The Morgan fingerprint density at radius 1 is 1.33 bits per heavy atom. The second-order valence-electron chi connectivity index (χ2n) is 5.53. The molecule has 0 bridgehead atoms. The summed E-state index contributed by atoms with van der Waals surface area (Å²) >= 11 is 0. The minimum absolute atomic E-state index is 0.0442. The fourth-order valence-electron chi connectivity index (χ4n) is 2.11. The Labute approximate surface area is 112 Å². The second kappa shape index (κ2) is 6.91. The summed E-state index contributed by atoms with van der Waals surface area (Å²) in [6, 6.07) is 9.18. The molecule has 0 spiro atoms. The van der Waals surface area contributed by atoms with E-state index in [2.05, 4.69) is 57.3 Å². The number of benzene rings is 1. The fraction of sp³-hybridized carbons (Fsp3) is 0.625. The van der Waals surface area contributed by atoms with E-state index >= 15 is 0 Å². The summed E-state index contributed by atoms with van der Waals surface area (Å²) in [4.78, 5) is 0. The average molecular weight is 249 g/mol. The predicted octanol–water partition coefficient (Wildman–Crippen LogP) is 3.85. The molecular weight excluding hydrogens is 222 g/mol. The quantitative estimate of drug-likeness (QED) is 0.792. The molecule has 1 aromatic carbocycles. The first kappa shape index (κ1) is 15.2. The maximum Gasteiger partial charge on any atom is 0.0623 e. The van der Waals surface area contributed by atoms with Gasteiger partial charge in [-0.25, -0.2) is 0 Å². The minimum atomic E-state index is -0.0442. The van der Waals surface area contributed by atoms with Gasteiger partial charge in [-0.15, -0.1) is 0 Å². The van der Waals surface area contributed by atoms with Crippen LogP contribution in [0, 0.1) is 6.92 Å². The Morgan fingerprint density at radius 3 is 2.61 bits per heavy atom. The van der Waals surface area contributed by atoms with Gasteiger partial charge in [-0.1, -0.05) is 36.8 Å². The van der Waals surface area contributed by atoms with Crippen molar-refractivity contribution in [3.63, 3.8) is 0 Å². The summed E-state index contributed by atoms with van der Waals surface area (Å²) in [6.45, 7) is 9.58. The summed E-state index contributed by atoms with van der Waals surface area (Å²) in [5.74, 6) is 0. The molecule has 0 fully saturated rings. The molecule has 2 heteroatoms. The van der Waals surface area contributed by atoms with Gasteiger partial charge in [0, 0.05) is 13.2 Å². The first-order valence-electron chi connectivity index (χ1n) is 6.83. The van der Waals surface area contributed by atoms with Crippen molar-refractivity contribution in [2.45, 2.75) is 52.2 Å². The summed E-state index contributed by atoms with van der Waals surface area (Å²) in [7, 11) is 1.79. The van der Waals surface area contributed by atoms with Crippen molar-refractivity contribution in [1.82, 2.24) is 5.32 Å². The highest BCUT2D eigenvalue weighted by atomic mass is 16.5. The van der Waals surface area contributed by atoms with Gasteiger partial charge in [0.2, 0.25) is 0 Å². The van der Waals surface area contributed by atoms with Crippen molar-refractivity contribution in [2.75, 3.05) is 13.7 Å². The molecule has 0 aliphatic carbocycles. The van der Waals surface area contributed by atoms with Gasteiger partial charge in [-0.3, -0.25) is 0 Å². The molecule has 1 aromatic rings. The van der Waals surface area contributed by atoms with Crippen molar-refractivity contribution < 1.29 is 4.74 Å². The maximum atomic E-state index is 5.50. The van der Waals surface area contributed by atoms with Crippen LogP contribution in [0.1, 0.15) is 50.8 Å². The second-order valence-corrected chi connectivity index (χ2v) is 5.53. The van der Waals surface area contributed by atoms with Gasteiger partial charge < -0.3 is 10.1 Å². The summed E-state index contributed by atoms with van der Waals surface area (Å²) in [5, 5.41) is 3.57. The van der Waals surface area contributed by atoms with Gasteiger partial charge >= 0.3 is 0 Å². The highest BCUT2D eigenvalue weighted by Crippen LogP contribution is 2.25. The zero-order chi connectivity index (χ0) is 13.6. The Morgan fingerprint density at radius 2 is 2.06 bits per heavy atom. The lowest BCUT2D eigenvalue weighted by Gasteiger charge is -2.26. The van der Waals surface area contributed by atoms with E-state index in [1.807, 2.05) is 0 Å². The summed E-state index contributed by atoms with van der Waals surface area (Å²) < 4.78 is 5.50. The lowest BCUT2D eigenvalue weighted by atomic mass is 9.94. The van der Waals surface area contributed by atoms with Gasteiger partial charge in [0.05, 0.1) is 5.60 Å². The smallest absolute Gasteiger partial charge is 0.0623 e. The third-order valence-electron chi connectivity index (χ3n) is 3.48. The predicted molar refractivity (Wildman–Crippen MR) is 77.9 cm³/mol. The van der Waals surface area contributed by atoms with E-state index in [0.717, 1.165) is 19.4 Å². The van der Waals surface area contributed by atoms with E-state index in [1.165, 1.54) is 11.1 Å². The number of hydrogen-bond acceptors (Lipinski definition) is 2. The van der Waals surface area contributed by atoms with Gasteiger partial charge in [-0.2, -0.15) is 0 Å². The van der Waals surface area contributed by atoms with E-state index in [9.17, 15) is 0 Å². The van der Waals surface area contributed by atoms with Crippen molar-refractivity contribution >= 4 is 0 Å². The number of methoxy groups -OCH3 is 1. The molecule has 0 aliphatic rings. The lowest BCUT2D eigenvalue weighted by Crippen LogP contribution is -2.27. The Kier molecular flexibility index (Phi) is 5.83. The molecule has 0 aliphatic heterocycles. The van der Waals surface area contributed by atoms with Crippen molar-refractivity contribution in [3.8, 4) is 0 Å². The average Bonchev–Trinajstić information content (AvgIpc) is 2.34. The zero-order valence-corrected chi connectivity index (χ0v) is 12.4. The number of hydrogen-bond donors (Lipinski definition) is 1. The normalized spacial score (nSPS) is 13.6. The third kappa shape index (κ3) is 4.79. The van der Waals surface area contributed by atoms with Crippen LogP contribution in [0.4, 0.5) is 0 Å². The van der Waals surface area contributed by atoms with E-state index in [0.29, 0.717) is 6.04 Å². The highest BCUT2D eigenvalue weighted by Gasteiger charge is 2.19. The molecule has 0 saturated heterocycles. The third-order valence-corrected chi connectivity index (χ3v) is 3.48. The van der Waals surface area contributed by atoms with Crippen molar-refractivity contribution in [2.24, 2.45) is 0 Å². The molecule has 0 radical (unpaired) electrons. The Hall–Kier alpha value is -0.860. The molecule has 0 saturated carbocycles. The fourth-order valence-corrected chi connectivity index (χ4v) is 2.11. The zero-order valence-electron chi connectivity index (χ0n) is 12.4. The van der Waals surface area contributed by atoms with Crippen LogP contribution in [0.5, 0.6) is 0 Å². The topological polar surface area (TPSA) is 21.3 Å². The Balaban J connectivity index is 2.71. The summed E-state index contributed by atoms with van der Waals surface area (Å²) in [5.41, 5.74) is 2.66. The first-order chi connectivity index (χ1) is 8.48. The van der Waals surface area contributed by atoms with Crippen LogP contribution in [0.25, 0.3) is 0 Å². The van der Waals surface area contributed by atoms with Crippen molar-refractivity contribution in [1.29, 1.82) is 0 Å². The molecule has 0 amide bonds. The van der Waals surface area contributed by atoms with Gasteiger partial charge in [0.1, 0.15) is 0 Å². The van der Waals surface area contributed by atoms with Gasteiger partial charge in [-0.05, 0) is 45.7 Å². The molecule has 0 heterocycles. The monoisotopic (exact) mass is 249 g/mol. The molecule has 102 valence electrons. The molecule has 1 N–H and O–H groups in total. The van der Waals surface area contributed by atoms with Gasteiger partial charge in [0.15, 0.2) is 0 Å². The van der Waals surface area contributed by atoms with Crippen LogP contribution >= 0.6 is 0 Å². The van der Waals surface area contributed by atoms with Crippen LogP contribution in [-0.2, 0) is 4.74 Å². The van der Waals surface area contributed by atoms with Crippen LogP contribution in [0.2, 0.25) is 0 Å². The molecule has 2 nitrogen and oxygen atoms in total. The molecule has 1 unspecified atom stereocenters. The summed E-state index contributed by atoms with van der Waals surface area (Å²) in [6.07, 6.45) is 2.15. The largest absolute Gasteiger partial charge is 0.379 e. The Bertz CT molecular complexity index is 360. The molecule has 18 heavy (non-hydrogen) atoms. The van der Waals surface area contributed by atoms with Crippen LogP contribution in [0.15, 0.2) is 24.3 Å². The molecule has 0 aromatic heterocycles.